The van der Waals surface area contributed by atoms with Crippen molar-refractivity contribution in [3.8, 4) is 0 Å². The second-order valence-electron chi connectivity index (χ2n) is 6.37. The Labute approximate surface area is 122 Å². The SMILES string of the molecule is CC1CCC(NC(=O)CN2CCN(CCO)CC2)CC1. The Morgan fingerprint density at radius 3 is 2.30 bits per heavy atom. The van der Waals surface area contributed by atoms with Crippen LogP contribution in [0.15, 0.2) is 0 Å². The lowest BCUT2D eigenvalue weighted by atomic mass is 9.87. The first-order valence-electron chi connectivity index (χ1n) is 8.02. The van der Waals surface area contributed by atoms with Gasteiger partial charge in [0.2, 0.25) is 5.91 Å². The van der Waals surface area contributed by atoms with E-state index >= 15 is 0 Å². The molecule has 2 aliphatic rings. The van der Waals surface area contributed by atoms with E-state index in [-0.39, 0.29) is 12.5 Å². The van der Waals surface area contributed by atoms with E-state index in [1.165, 1.54) is 12.8 Å². The van der Waals surface area contributed by atoms with E-state index in [9.17, 15) is 4.79 Å². The minimum absolute atomic E-state index is 0.181. The smallest absolute Gasteiger partial charge is 0.234 e. The summed E-state index contributed by atoms with van der Waals surface area (Å²) in [5.74, 6) is 1.00. The number of nitrogens with one attached hydrogen (secondary N) is 1. The molecule has 0 aromatic heterocycles. The number of carbonyl (C=O) groups is 1. The summed E-state index contributed by atoms with van der Waals surface area (Å²) in [5.41, 5.74) is 0. The van der Waals surface area contributed by atoms with Crippen molar-refractivity contribution >= 4 is 5.91 Å². The summed E-state index contributed by atoms with van der Waals surface area (Å²) in [6.45, 7) is 7.55. The zero-order chi connectivity index (χ0) is 14.4. The lowest BCUT2D eigenvalue weighted by Gasteiger charge is -2.34. The van der Waals surface area contributed by atoms with Crippen molar-refractivity contribution in [1.29, 1.82) is 0 Å². The largest absolute Gasteiger partial charge is 0.395 e. The Balaban J connectivity index is 1.63. The van der Waals surface area contributed by atoms with Gasteiger partial charge < -0.3 is 10.4 Å². The van der Waals surface area contributed by atoms with Crippen LogP contribution in [0, 0.1) is 5.92 Å². The van der Waals surface area contributed by atoms with E-state index < -0.39 is 0 Å². The van der Waals surface area contributed by atoms with E-state index in [0.29, 0.717) is 12.6 Å². The molecule has 2 fully saturated rings. The molecular formula is C15H29N3O2. The Bertz CT molecular complexity index is 295. The summed E-state index contributed by atoms with van der Waals surface area (Å²) in [7, 11) is 0. The third-order valence-corrected chi connectivity index (χ3v) is 4.63. The van der Waals surface area contributed by atoms with Crippen LogP contribution in [0.25, 0.3) is 0 Å². The lowest BCUT2D eigenvalue weighted by molar-refractivity contribution is -0.123. The Morgan fingerprint density at radius 1 is 1.10 bits per heavy atom. The van der Waals surface area contributed by atoms with Crippen molar-refractivity contribution in [3.05, 3.63) is 0 Å². The Morgan fingerprint density at radius 2 is 1.70 bits per heavy atom. The molecule has 0 unspecified atom stereocenters. The molecule has 5 nitrogen and oxygen atoms in total. The van der Waals surface area contributed by atoms with Gasteiger partial charge in [0.05, 0.1) is 13.2 Å². The zero-order valence-corrected chi connectivity index (χ0v) is 12.7. The average Bonchev–Trinajstić information content (AvgIpc) is 2.44. The molecule has 2 N–H and O–H groups in total. The highest BCUT2D eigenvalue weighted by atomic mass is 16.3. The summed E-state index contributed by atoms with van der Waals surface area (Å²) in [4.78, 5) is 16.5. The fourth-order valence-electron chi connectivity index (χ4n) is 3.19. The summed E-state index contributed by atoms with van der Waals surface area (Å²) >= 11 is 0. The normalized spacial score (nSPS) is 29.3. The molecule has 2 rings (SSSR count). The van der Waals surface area contributed by atoms with Gasteiger partial charge in [-0.05, 0) is 31.6 Å². The van der Waals surface area contributed by atoms with Crippen molar-refractivity contribution < 1.29 is 9.90 Å². The van der Waals surface area contributed by atoms with Gasteiger partial charge in [0.25, 0.3) is 0 Å². The zero-order valence-electron chi connectivity index (χ0n) is 12.7. The van der Waals surface area contributed by atoms with Gasteiger partial charge in [-0.2, -0.15) is 0 Å². The molecule has 1 saturated carbocycles. The van der Waals surface area contributed by atoms with Crippen LogP contribution in [0.5, 0.6) is 0 Å². The monoisotopic (exact) mass is 283 g/mol. The van der Waals surface area contributed by atoms with Crippen LogP contribution < -0.4 is 5.32 Å². The highest BCUT2D eigenvalue weighted by Crippen LogP contribution is 2.23. The predicted octanol–water partition coefficient (Wildman–Crippen LogP) is 0.291. The first-order chi connectivity index (χ1) is 9.67. The second kappa shape index (κ2) is 7.96. The van der Waals surface area contributed by atoms with E-state index in [4.69, 9.17) is 5.11 Å². The van der Waals surface area contributed by atoms with Gasteiger partial charge in [-0.25, -0.2) is 0 Å². The summed E-state index contributed by atoms with van der Waals surface area (Å²) < 4.78 is 0. The topological polar surface area (TPSA) is 55.8 Å². The maximum Gasteiger partial charge on any atom is 0.234 e. The quantitative estimate of drug-likeness (QED) is 0.761. The highest BCUT2D eigenvalue weighted by molar-refractivity contribution is 5.78. The molecule has 116 valence electrons. The number of aliphatic hydroxyl groups excluding tert-OH is 1. The van der Waals surface area contributed by atoms with Crippen LogP contribution in [-0.2, 0) is 4.79 Å². The first kappa shape index (κ1) is 15.7. The maximum absolute atomic E-state index is 12.1. The Hall–Kier alpha value is -0.650. The molecule has 0 atom stereocenters. The van der Waals surface area contributed by atoms with Gasteiger partial charge in [-0.15, -0.1) is 0 Å². The van der Waals surface area contributed by atoms with Gasteiger partial charge in [-0.1, -0.05) is 6.92 Å². The van der Waals surface area contributed by atoms with Crippen LogP contribution >= 0.6 is 0 Å². The molecule has 0 aromatic rings. The van der Waals surface area contributed by atoms with Crippen LogP contribution in [0.1, 0.15) is 32.6 Å². The number of aliphatic hydroxyl groups is 1. The number of hydrogen-bond donors (Lipinski definition) is 2. The summed E-state index contributed by atoms with van der Waals surface area (Å²) in [6.07, 6.45) is 4.75. The van der Waals surface area contributed by atoms with Gasteiger partial charge >= 0.3 is 0 Å². The molecule has 1 heterocycles. The fraction of sp³-hybridized carbons (Fsp3) is 0.933. The molecule has 1 saturated heterocycles. The van der Waals surface area contributed by atoms with Crippen molar-refractivity contribution in [2.75, 3.05) is 45.9 Å². The average molecular weight is 283 g/mol. The molecule has 0 radical (unpaired) electrons. The van der Waals surface area contributed by atoms with Crippen molar-refractivity contribution in [1.82, 2.24) is 15.1 Å². The molecule has 0 spiro atoms. The number of carbonyl (C=O) groups excluding carboxylic acids is 1. The van der Waals surface area contributed by atoms with E-state index in [1.54, 1.807) is 0 Å². The standard InChI is InChI=1S/C15H29N3O2/c1-13-2-4-14(5-3-13)16-15(20)12-18-8-6-17(7-9-18)10-11-19/h13-14,19H,2-12H2,1H3,(H,16,20). The van der Waals surface area contributed by atoms with Gasteiger partial charge in [0.15, 0.2) is 0 Å². The van der Waals surface area contributed by atoms with Crippen LogP contribution in [0.2, 0.25) is 0 Å². The third-order valence-electron chi connectivity index (χ3n) is 4.63. The van der Waals surface area contributed by atoms with E-state index in [0.717, 1.165) is 51.5 Å². The molecule has 0 bridgehead atoms. The Kier molecular flexibility index (Phi) is 6.26. The minimum Gasteiger partial charge on any atom is -0.395 e. The lowest BCUT2D eigenvalue weighted by Crippen LogP contribution is -2.51. The second-order valence-corrected chi connectivity index (χ2v) is 6.37. The number of rotatable bonds is 5. The molecule has 0 aromatic carbocycles. The highest BCUT2D eigenvalue weighted by Gasteiger charge is 2.22. The molecular weight excluding hydrogens is 254 g/mol. The molecule has 1 amide bonds. The molecule has 20 heavy (non-hydrogen) atoms. The van der Waals surface area contributed by atoms with Gasteiger partial charge in [-0.3, -0.25) is 14.6 Å². The fourth-order valence-corrected chi connectivity index (χ4v) is 3.19. The first-order valence-corrected chi connectivity index (χ1v) is 8.02. The molecule has 1 aliphatic carbocycles. The van der Waals surface area contributed by atoms with Crippen LogP contribution in [0.3, 0.4) is 0 Å². The van der Waals surface area contributed by atoms with Crippen LogP contribution in [0.4, 0.5) is 0 Å². The molecule has 5 heteroatoms. The number of hydrogen-bond acceptors (Lipinski definition) is 4. The van der Waals surface area contributed by atoms with Gasteiger partial charge in [0.1, 0.15) is 0 Å². The van der Waals surface area contributed by atoms with E-state index in [2.05, 4.69) is 22.0 Å². The maximum atomic E-state index is 12.1. The predicted molar refractivity (Wildman–Crippen MR) is 79.5 cm³/mol. The van der Waals surface area contributed by atoms with E-state index in [1.807, 2.05) is 0 Å². The van der Waals surface area contributed by atoms with Crippen LogP contribution in [-0.4, -0.2) is 72.7 Å². The van der Waals surface area contributed by atoms with Crippen molar-refractivity contribution in [3.63, 3.8) is 0 Å². The number of nitrogens with zero attached hydrogens (tertiary/aromatic N) is 2. The summed E-state index contributed by atoms with van der Waals surface area (Å²) in [5, 5.41) is 12.1. The number of piperazine rings is 1. The van der Waals surface area contributed by atoms with Crippen molar-refractivity contribution in [2.24, 2.45) is 5.92 Å². The molecule has 1 aliphatic heterocycles. The number of amides is 1. The summed E-state index contributed by atoms with van der Waals surface area (Å²) in [6, 6.07) is 0.398. The third kappa shape index (κ3) is 5.04. The number of β-amino-alcohol motifs (C(OH)–C–C–N with tert-alkyl or cyclic N) is 1. The minimum atomic E-state index is 0.181. The van der Waals surface area contributed by atoms with Crippen molar-refractivity contribution in [2.45, 2.75) is 38.6 Å². The van der Waals surface area contributed by atoms with Gasteiger partial charge in [0, 0.05) is 38.8 Å².